The number of piperidine rings is 2. The molecule has 0 spiro atoms. The van der Waals surface area contributed by atoms with Gasteiger partial charge in [0, 0.05) is 91.5 Å². The summed E-state index contributed by atoms with van der Waals surface area (Å²) in [5, 5.41) is 18.1. The first-order chi connectivity index (χ1) is 32.2. The molecule has 4 aliphatic heterocycles. The van der Waals surface area contributed by atoms with Crippen molar-refractivity contribution < 1.29 is 28.1 Å². The Balaban J connectivity index is 0.711. The summed E-state index contributed by atoms with van der Waals surface area (Å²) in [5.41, 5.74) is 9.53. The van der Waals surface area contributed by atoms with E-state index in [2.05, 4.69) is 89.1 Å². The first-order valence-corrected chi connectivity index (χ1v) is 23.2. The van der Waals surface area contributed by atoms with Crippen LogP contribution in [0.3, 0.4) is 0 Å². The Hall–Kier alpha value is -6.78. The van der Waals surface area contributed by atoms with Crippen LogP contribution in [0.4, 0.5) is 10.1 Å². The van der Waals surface area contributed by atoms with E-state index in [1.165, 1.54) is 16.7 Å². The Morgan fingerprint density at radius 2 is 1.61 bits per heavy atom. The standard InChI is InChI=1S/C51H55FN10O5/c1-30-23-33(5-6-34(30)27-53-47(65)48-55-50(58-67-48)51(2,3)4)45-40-25-32(9-12-42(40)56-57-45)31-7-10-37(11-8-31)60-19-21-61(22-20-60)38-15-17-59(18-16-38)28-36-24-35-29-62(49(66)39(35)26-41(36)52)43-13-14-44(63)54-46(43)64/h5-12,23-26,38,43H,13-22,27-29H2,1-4H3,(H,53,65)(H,56,57)(H,54,63,64). The number of nitrogens with one attached hydrogen (secondary N) is 3. The molecule has 2 aromatic heterocycles. The van der Waals surface area contributed by atoms with Crippen LogP contribution >= 0.6 is 0 Å². The van der Waals surface area contributed by atoms with Crippen LogP contribution in [-0.2, 0) is 34.6 Å². The largest absolute Gasteiger partial charge is 0.369 e. The van der Waals surface area contributed by atoms with E-state index in [0.29, 0.717) is 36.1 Å². The predicted octanol–water partition coefficient (Wildman–Crippen LogP) is 6.50. The average Bonchev–Trinajstić information content (AvgIpc) is 4.07. The molecular formula is C51H55FN10O5. The number of aromatic nitrogens is 4. The Morgan fingerprint density at radius 3 is 2.33 bits per heavy atom. The number of carbonyl (C=O) groups is 4. The predicted molar refractivity (Wildman–Crippen MR) is 250 cm³/mol. The van der Waals surface area contributed by atoms with Crippen LogP contribution in [0.25, 0.3) is 33.3 Å². The molecule has 0 saturated carbocycles. The molecule has 10 rings (SSSR count). The molecule has 3 saturated heterocycles. The SMILES string of the molecule is Cc1cc(-c2n[nH]c3ccc(-c4ccc(N5CCN(C6CCN(Cc7cc8c(cc7F)C(=O)N(C7CCC(=O)NC7=O)C8)CC6)CC5)cc4)cc23)ccc1CNC(=O)c1nc(C(C)(C)C)no1. The summed E-state index contributed by atoms with van der Waals surface area (Å²) in [6.07, 6.45) is 2.48. The Bertz CT molecular complexity index is 2890. The third-order valence-corrected chi connectivity index (χ3v) is 13.9. The van der Waals surface area contributed by atoms with Gasteiger partial charge in [0.25, 0.3) is 5.91 Å². The Labute approximate surface area is 388 Å². The number of imide groups is 1. The maximum absolute atomic E-state index is 15.4. The van der Waals surface area contributed by atoms with Crippen molar-refractivity contribution in [2.24, 2.45) is 0 Å². The van der Waals surface area contributed by atoms with Gasteiger partial charge in [0.1, 0.15) is 11.9 Å². The number of aryl methyl sites for hydroxylation is 1. The van der Waals surface area contributed by atoms with Crippen molar-refractivity contribution >= 4 is 40.2 Å². The summed E-state index contributed by atoms with van der Waals surface area (Å²) in [5.74, 6) is -1.53. The molecule has 16 heteroatoms. The van der Waals surface area contributed by atoms with Crippen molar-refractivity contribution in [1.82, 2.24) is 45.7 Å². The average molecular weight is 907 g/mol. The van der Waals surface area contributed by atoms with E-state index in [0.717, 1.165) is 102 Å². The lowest BCUT2D eigenvalue weighted by atomic mass is 9.96. The molecule has 346 valence electrons. The lowest BCUT2D eigenvalue weighted by Gasteiger charge is -2.43. The molecule has 1 unspecified atom stereocenters. The van der Waals surface area contributed by atoms with Crippen molar-refractivity contribution in [3.63, 3.8) is 0 Å². The van der Waals surface area contributed by atoms with Crippen LogP contribution in [0, 0.1) is 12.7 Å². The molecular weight excluding hydrogens is 852 g/mol. The molecule has 6 aromatic rings. The molecule has 67 heavy (non-hydrogen) atoms. The number of aromatic amines is 1. The van der Waals surface area contributed by atoms with E-state index >= 15 is 4.39 Å². The molecule has 3 N–H and O–H groups in total. The van der Waals surface area contributed by atoms with Crippen LogP contribution < -0.4 is 15.5 Å². The topological polar surface area (TPSA) is 173 Å². The third-order valence-electron chi connectivity index (χ3n) is 13.9. The number of benzene rings is 4. The molecule has 4 amide bonds. The molecule has 3 fully saturated rings. The van der Waals surface area contributed by atoms with Gasteiger partial charge >= 0.3 is 11.8 Å². The fourth-order valence-electron chi connectivity index (χ4n) is 9.98. The number of piperazine rings is 1. The van der Waals surface area contributed by atoms with Gasteiger partial charge in [0.15, 0.2) is 5.82 Å². The molecule has 15 nitrogen and oxygen atoms in total. The lowest BCUT2D eigenvalue weighted by Crippen LogP contribution is -2.53. The molecule has 4 aliphatic rings. The summed E-state index contributed by atoms with van der Waals surface area (Å²) in [7, 11) is 0. The van der Waals surface area contributed by atoms with Crippen molar-refractivity contribution in [1.29, 1.82) is 0 Å². The monoisotopic (exact) mass is 906 g/mol. The normalized spacial score (nSPS) is 18.8. The van der Waals surface area contributed by atoms with Crippen molar-refractivity contribution in [3.8, 4) is 22.4 Å². The molecule has 1 atom stereocenters. The van der Waals surface area contributed by atoms with Gasteiger partial charge in [-0.05, 0) is 110 Å². The van der Waals surface area contributed by atoms with E-state index in [1.54, 1.807) is 6.07 Å². The van der Waals surface area contributed by atoms with E-state index in [-0.39, 0.29) is 42.5 Å². The van der Waals surface area contributed by atoms with Gasteiger partial charge in [-0.2, -0.15) is 10.1 Å². The maximum atomic E-state index is 15.4. The van der Waals surface area contributed by atoms with E-state index < -0.39 is 23.7 Å². The zero-order chi connectivity index (χ0) is 46.6. The van der Waals surface area contributed by atoms with E-state index in [9.17, 15) is 19.2 Å². The minimum Gasteiger partial charge on any atom is -0.369 e. The molecule has 0 bridgehead atoms. The summed E-state index contributed by atoms with van der Waals surface area (Å²) in [6.45, 7) is 14.5. The Kier molecular flexibility index (Phi) is 11.7. The molecule has 6 heterocycles. The third kappa shape index (κ3) is 8.95. The lowest BCUT2D eigenvalue weighted by molar-refractivity contribution is -0.136. The van der Waals surface area contributed by atoms with Gasteiger partial charge in [-0.1, -0.05) is 56.3 Å². The molecule has 0 aliphatic carbocycles. The fraction of sp³-hybridized carbons (Fsp3) is 0.392. The van der Waals surface area contributed by atoms with Crippen LogP contribution in [0.2, 0.25) is 0 Å². The molecule has 0 radical (unpaired) electrons. The second-order valence-electron chi connectivity index (χ2n) is 19.4. The number of rotatable bonds is 10. The minimum atomic E-state index is -0.719. The van der Waals surface area contributed by atoms with Gasteiger partial charge in [-0.15, -0.1) is 0 Å². The van der Waals surface area contributed by atoms with Crippen LogP contribution in [-0.4, -0.2) is 110 Å². The van der Waals surface area contributed by atoms with Crippen LogP contribution in [0.1, 0.15) is 95.6 Å². The quantitative estimate of drug-likeness (QED) is 0.128. The van der Waals surface area contributed by atoms with Crippen molar-refractivity contribution in [2.45, 2.75) is 90.5 Å². The zero-order valence-corrected chi connectivity index (χ0v) is 38.3. The number of likely N-dealkylation sites (tertiary alicyclic amines) is 1. The highest BCUT2D eigenvalue weighted by Gasteiger charge is 2.40. The number of fused-ring (bicyclic) bond motifs is 2. The smallest absolute Gasteiger partial charge is 0.315 e. The summed E-state index contributed by atoms with van der Waals surface area (Å²) in [6, 6.07) is 24.2. The number of hydrogen-bond acceptors (Lipinski definition) is 11. The number of halogens is 1. The first-order valence-electron chi connectivity index (χ1n) is 23.2. The zero-order valence-electron chi connectivity index (χ0n) is 38.3. The number of amides is 4. The van der Waals surface area contributed by atoms with E-state index in [1.807, 2.05) is 39.8 Å². The van der Waals surface area contributed by atoms with Crippen LogP contribution in [0.15, 0.2) is 77.3 Å². The highest BCUT2D eigenvalue weighted by Crippen LogP contribution is 2.34. The summed E-state index contributed by atoms with van der Waals surface area (Å²) >= 11 is 0. The van der Waals surface area contributed by atoms with Gasteiger partial charge in [-0.25, -0.2) is 4.39 Å². The van der Waals surface area contributed by atoms with Crippen molar-refractivity contribution in [2.75, 3.05) is 44.2 Å². The number of H-pyrrole nitrogens is 1. The molecule has 4 aromatic carbocycles. The number of hydrogen-bond donors (Lipinski definition) is 3. The fourth-order valence-corrected chi connectivity index (χ4v) is 9.98. The van der Waals surface area contributed by atoms with Crippen LogP contribution in [0.5, 0.6) is 0 Å². The number of nitrogens with zero attached hydrogens (tertiary/aromatic N) is 7. The van der Waals surface area contributed by atoms with Gasteiger partial charge in [0.05, 0.1) is 11.2 Å². The maximum Gasteiger partial charge on any atom is 0.315 e. The summed E-state index contributed by atoms with van der Waals surface area (Å²) < 4.78 is 20.6. The first kappa shape index (κ1) is 44.1. The highest BCUT2D eigenvalue weighted by atomic mass is 19.1. The van der Waals surface area contributed by atoms with E-state index in [4.69, 9.17) is 9.62 Å². The second-order valence-corrected chi connectivity index (χ2v) is 19.4. The minimum absolute atomic E-state index is 0.0475. The van der Waals surface area contributed by atoms with Gasteiger partial charge in [0.2, 0.25) is 11.8 Å². The van der Waals surface area contributed by atoms with Crippen molar-refractivity contribution in [3.05, 3.63) is 118 Å². The van der Waals surface area contributed by atoms with Gasteiger partial charge in [-0.3, -0.25) is 39.4 Å². The number of anilines is 1. The number of carbonyl (C=O) groups excluding carboxylic acids is 4. The Morgan fingerprint density at radius 1 is 0.866 bits per heavy atom. The van der Waals surface area contributed by atoms with Gasteiger partial charge < -0.3 is 19.6 Å². The highest BCUT2D eigenvalue weighted by molar-refractivity contribution is 6.05. The second kappa shape index (κ2) is 17.8. The summed E-state index contributed by atoms with van der Waals surface area (Å²) in [4.78, 5) is 63.1.